The highest BCUT2D eigenvalue weighted by Crippen LogP contribution is 2.28. The summed E-state index contributed by atoms with van der Waals surface area (Å²) >= 11 is 3.71. The van der Waals surface area contributed by atoms with E-state index in [9.17, 15) is 0 Å². The summed E-state index contributed by atoms with van der Waals surface area (Å²) in [5.41, 5.74) is 0. The summed E-state index contributed by atoms with van der Waals surface area (Å²) in [6.07, 6.45) is 9.30. The van der Waals surface area contributed by atoms with Gasteiger partial charge in [0.1, 0.15) is 5.01 Å². The van der Waals surface area contributed by atoms with Gasteiger partial charge in [-0.15, -0.1) is 11.3 Å². The zero-order valence-electron chi connectivity index (χ0n) is 9.11. The number of thioether (sulfide) groups is 1. The molecule has 0 radical (unpaired) electrons. The Morgan fingerprint density at radius 2 is 2.53 bits per heavy atom. The lowest BCUT2D eigenvalue weighted by Crippen LogP contribution is -2.23. The van der Waals surface area contributed by atoms with Gasteiger partial charge in [-0.05, 0) is 37.7 Å². The molecule has 1 fully saturated rings. The molecule has 1 aliphatic rings. The number of hydrogen-bond donors (Lipinski definition) is 1. The minimum absolute atomic E-state index is 0.504. The highest BCUT2D eigenvalue weighted by molar-refractivity contribution is 7.98. The van der Waals surface area contributed by atoms with Crippen molar-refractivity contribution in [3.63, 3.8) is 0 Å². The highest BCUT2D eigenvalue weighted by Gasteiger charge is 2.26. The lowest BCUT2D eigenvalue weighted by molar-refractivity contribution is 0.491. The Kier molecular flexibility index (Phi) is 4.47. The van der Waals surface area contributed by atoms with Gasteiger partial charge in [-0.2, -0.15) is 11.8 Å². The lowest BCUT2D eigenvalue weighted by Gasteiger charge is -2.15. The first kappa shape index (κ1) is 11.4. The molecule has 1 aromatic heterocycles. The lowest BCUT2D eigenvalue weighted by atomic mass is 10.2. The van der Waals surface area contributed by atoms with E-state index in [1.807, 2.05) is 18.0 Å². The molecule has 15 heavy (non-hydrogen) atoms. The number of nitrogens with zero attached hydrogens (tertiary/aromatic N) is 1. The van der Waals surface area contributed by atoms with Crippen LogP contribution in [0.2, 0.25) is 0 Å². The van der Waals surface area contributed by atoms with Crippen molar-refractivity contribution in [3.8, 4) is 0 Å². The molecule has 1 N–H and O–H groups in total. The van der Waals surface area contributed by atoms with Crippen molar-refractivity contribution in [1.29, 1.82) is 0 Å². The molecule has 0 bridgehead atoms. The number of hydrogen-bond acceptors (Lipinski definition) is 4. The highest BCUT2D eigenvalue weighted by atomic mass is 32.2. The van der Waals surface area contributed by atoms with E-state index in [0.717, 1.165) is 6.04 Å². The van der Waals surface area contributed by atoms with Crippen LogP contribution in [0.15, 0.2) is 11.6 Å². The van der Waals surface area contributed by atoms with E-state index < -0.39 is 0 Å². The van der Waals surface area contributed by atoms with Crippen molar-refractivity contribution in [2.45, 2.75) is 37.8 Å². The van der Waals surface area contributed by atoms with Gasteiger partial charge in [0.05, 0.1) is 6.04 Å². The molecule has 1 aliphatic carbocycles. The van der Waals surface area contributed by atoms with Crippen LogP contribution >= 0.6 is 23.1 Å². The van der Waals surface area contributed by atoms with Crippen LogP contribution in [0.5, 0.6) is 0 Å². The van der Waals surface area contributed by atoms with Crippen LogP contribution in [-0.2, 0) is 0 Å². The van der Waals surface area contributed by atoms with Crippen molar-refractivity contribution in [2.75, 3.05) is 12.0 Å². The first-order chi connectivity index (χ1) is 7.40. The van der Waals surface area contributed by atoms with Gasteiger partial charge >= 0.3 is 0 Å². The maximum atomic E-state index is 4.43. The Hall–Kier alpha value is -0.0600. The largest absolute Gasteiger partial charge is 0.305 e. The molecular formula is C11H18N2S2. The monoisotopic (exact) mass is 242 g/mol. The van der Waals surface area contributed by atoms with Crippen LogP contribution in [0.4, 0.5) is 0 Å². The molecule has 0 spiro atoms. The molecular weight excluding hydrogens is 224 g/mol. The van der Waals surface area contributed by atoms with Crippen molar-refractivity contribution >= 4 is 23.1 Å². The maximum Gasteiger partial charge on any atom is 0.109 e. The number of thiazole rings is 1. The van der Waals surface area contributed by atoms with Crippen LogP contribution < -0.4 is 5.32 Å². The summed E-state index contributed by atoms with van der Waals surface area (Å²) in [7, 11) is 0. The molecule has 1 saturated carbocycles. The zero-order valence-corrected chi connectivity index (χ0v) is 10.7. The number of aromatic nitrogens is 1. The topological polar surface area (TPSA) is 24.9 Å². The normalized spacial score (nSPS) is 17.9. The van der Waals surface area contributed by atoms with Crippen molar-refractivity contribution in [1.82, 2.24) is 10.3 Å². The number of nitrogens with one attached hydrogen (secondary N) is 1. The second kappa shape index (κ2) is 5.87. The van der Waals surface area contributed by atoms with Crippen LogP contribution in [0.3, 0.4) is 0 Å². The van der Waals surface area contributed by atoms with Crippen LogP contribution in [0, 0.1) is 0 Å². The molecule has 2 rings (SSSR count). The van der Waals surface area contributed by atoms with E-state index in [1.165, 1.54) is 36.4 Å². The standard InChI is InChI=1S/C11H18N2S2/c1-14-7-2-3-10(13-9-4-5-9)11-12-6-8-15-11/h6,8-10,13H,2-5,7H2,1H3. The molecule has 1 atom stereocenters. The molecule has 84 valence electrons. The van der Waals surface area contributed by atoms with Crippen molar-refractivity contribution in [3.05, 3.63) is 16.6 Å². The predicted octanol–water partition coefficient (Wildman–Crippen LogP) is 3.08. The number of rotatable bonds is 7. The predicted molar refractivity (Wildman–Crippen MR) is 68.6 cm³/mol. The van der Waals surface area contributed by atoms with Gasteiger partial charge in [-0.25, -0.2) is 4.98 Å². The average Bonchev–Trinajstić information content (AvgIpc) is 2.90. The van der Waals surface area contributed by atoms with E-state index >= 15 is 0 Å². The summed E-state index contributed by atoms with van der Waals surface area (Å²) in [6.45, 7) is 0. The first-order valence-corrected chi connectivity index (χ1v) is 7.82. The van der Waals surface area contributed by atoms with Gasteiger partial charge in [0.15, 0.2) is 0 Å². The van der Waals surface area contributed by atoms with Crippen molar-refractivity contribution < 1.29 is 0 Å². The maximum absolute atomic E-state index is 4.43. The molecule has 1 aromatic rings. The smallest absolute Gasteiger partial charge is 0.109 e. The SMILES string of the molecule is CSCCCC(NC1CC1)c1nccs1. The summed E-state index contributed by atoms with van der Waals surface area (Å²) in [4.78, 5) is 4.43. The summed E-state index contributed by atoms with van der Waals surface area (Å²) in [5.74, 6) is 1.26. The second-order valence-electron chi connectivity index (χ2n) is 4.00. The zero-order chi connectivity index (χ0) is 10.5. The Balaban J connectivity index is 1.84. The molecule has 0 saturated heterocycles. The second-order valence-corrected chi connectivity index (χ2v) is 5.91. The van der Waals surface area contributed by atoms with Gasteiger partial charge in [0, 0.05) is 17.6 Å². The molecule has 1 unspecified atom stereocenters. The average molecular weight is 242 g/mol. The van der Waals surface area contributed by atoms with Gasteiger partial charge in [0.25, 0.3) is 0 Å². The van der Waals surface area contributed by atoms with Gasteiger partial charge in [-0.1, -0.05) is 0 Å². The first-order valence-electron chi connectivity index (χ1n) is 5.54. The van der Waals surface area contributed by atoms with E-state index in [1.54, 1.807) is 11.3 Å². The van der Waals surface area contributed by atoms with Crippen LogP contribution in [0.1, 0.15) is 36.7 Å². The Labute approximate surface area is 99.9 Å². The third kappa shape index (κ3) is 3.78. The Bertz CT molecular complexity index is 270. The van der Waals surface area contributed by atoms with Crippen molar-refractivity contribution in [2.24, 2.45) is 0 Å². The van der Waals surface area contributed by atoms with E-state index in [4.69, 9.17) is 0 Å². The van der Waals surface area contributed by atoms with Gasteiger partial charge in [-0.3, -0.25) is 0 Å². The molecule has 0 amide bonds. The van der Waals surface area contributed by atoms with Crippen LogP contribution in [0.25, 0.3) is 0 Å². The summed E-state index contributed by atoms with van der Waals surface area (Å²) in [6, 6.07) is 1.28. The molecule has 4 heteroatoms. The summed E-state index contributed by atoms with van der Waals surface area (Å²) in [5, 5.41) is 7.03. The van der Waals surface area contributed by atoms with E-state index in [0.29, 0.717) is 6.04 Å². The minimum atomic E-state index is 0.504. The minimum Gasteiger partial charge on any atom is -0.305 e. The van der Waals surface area contributed by atoms with E-state index in [2.05, 4.69) is 21.9 Å². The van der Waals surface area contributed by atoms with Gasteiger partial charge < -0.3 is 5.32 Å². The quantitative estimate of drug-likeness (QED) is 0.744. The fourth-order valence-corrected chi connectivity index (χ4v) is 2.84. The summed E-state index contributed by atoms with van der Waals surface area (Å²) < 4.78 is 0. The third-order valence-electron chi connectivity index (χ3n) is 2.61. The molecule has 0 aliphatic heterocycles. The Morgan fingerprint density at radius 3 is 3.13 bits per heavy atom. The third-order valence-corrected chi connectivity index (χ3v) is 4.19. The molecule has 0 aromatic carbocycles. The van der Waals surface area contributed by atoms with E-state index in [-0.39, 0.29) is 0 Å². The Morgan fingerprint density at radius 1 is 1.67 bits per heavy atom. The molecule has 2 nitrogen and oxygen atoms in total. The fourth-order valence-electron chi connectivity index (χ4n) is 1.65. The molecule has 1 heterocycles. The van der Waals surface area contributed by atoms with Crippen LogP contribution in [-0.4, -0.2) is 23.0 Å². The fraction of sp³-hybridized carbons (Fsp3) is 0.727. The van der Waals surface area contributed by atoms with Gasteiger partial charge in [0.2, 0.25) is 0 Å².